The van der Waals surface area contributed by atoms with Gasteiger partial charge in [-0.1, -0.05) is 42.6 Å². The van der Waals surface area contributed by atoms with Crippen molar-refractivity contribution >= 4 is 17.6 Å². The van der Waals surface area contributed by atoms with Gasteiger partial charge in [0.2, 0.25) is 0 Å². The predicted octanol–water partition coefficient (Wildman–Crippen LogP) is 7.56. The number of nitrogens with one attached hydrogen (secondary N) is 1. The summed E-state index contributed by atoms with van der Waals surface area (Å²) in [6, 6.07) is 16.5. The van der Waals surface area contributed by atoms with E-state index < -0.39 is 17.7 Å². The largest absolute Gasteiger partial charge is 0.488 e. The first-order valence-electron chi connectivity index (χ1n) is 16.5. The molecule has 252 valence electrons. The minimum Gasteiger partial charge on any atom is -0.488 e. The number of rotatable bonds is 10. The predicted molar refractivity (Wildman–Crippen MR) is 179 cm³/mol. The number of hydrogen-bond acceptors (Lipinski definition) is 8. The number of fused-ring (bicyclic) bond motifs is 2. The van der Waals surface area contributed by atoms with Gasteiger partial charge in [0.1, 0.15) is 43.5 Å². The fourth-order valence-electron chi connectivity index (χ4n) is 7.07. The van der Waals surface area contributed by atoms with E-state index in [-0.39, 0.29) is 24.5 Å². The molecule has 9 nitrogen and oxygen atoms in total. The van der Waals surface area contributed by atoms with Crippen LogP contribution in [0.4, 0.5) is 4.39 Å². The molecule has 1 aromatic heterocycles. The Morgan fingerprint density at radius 2 is 1.92 bits per heavy atom. The molecular weight excluding hydrogens is 649 g/mol. The fourth-order valence-corrected chi connectivity index (χ4v) is 7.30. The quantitative estimate of drug-likeness (QED) is 0.174. The highest BCUT2D eigenvalue weighted by Gasteiger charge is 2.32. The van der Waals surface area contributed by atoms with E-state index in [0.717, 1.165) is 47.1 Å². The van der Waals surface area contributed by atoms with Crippen LogP contribution >= 0.6 is 11.6 Å². The summed E-state index contributed by atoms with van der Waals surface area (Å²) < 4.78 is 39.7. The van der Waals surface area contributed by atoms with Gasteiger partial charge in [0.25, 0.3) is 0 Å². The highest BCUT2D eigenvalue weighted by molar-refractivity contribution is 6.32. The number of hydrogen-bond donors (Lipinski definition) is 2. The van der Waals surface area contributed by atoms with E-state index >= 15 is 4.39 Å². The second-order valence-electron chi connectivity index (χ2n) is 12.6. The first-order chi connectivity index (χ1) is 23.9. The molecule has 1 aliphatic heterocycles. The van der Waals surface area contributed by atoms with E-state index in [9.17, 15) is 15.2 Å². The number of pyridine rings is 1. The Morgan fingerprint density at radius 3 is 2.78 bits per heavy atom. The maximum absolute atomic E-state index is 15.6. The molecule has 49 heavy (non-hydrogen) atoms. The fraction of sp³-hybridized carbons (Fsp3) is 0.342. The van der Waals surface area contributed by atoms with Crippen molar-refractivity contribution in [1.29, 1.82) is 5.26 Å². The van der Waals surface area contributed by atoms with Gasteiger partial charge in [0.05, 0.1) is 16.5 Å². The summed E-state index contributed by atoms with van der Waals surface area (Å²) in [6.07, 6.45) is 7.42. The molecule has 0 bridgehead atoms. The van der Waals surface area contributed by atoms with E-state index in [0.29, 0.717) is 72.4 Å². The molecule has 0 amide bonds. The Bertz CT molecular complexity index is 1930. The number of carboxylic acids is 1. The van der Waals surface area contributed by atoms with Gasteiger partial charge in [0.15, 0.2) is 17.3 Å². The first kappa shape index (κ1) is 32.7. The Balaban J connectivity index is 1.16. The van der Waals surface area contributed by atoms with Crippen molar-refractivity contribution in [3.05, 3.63) is 99.6 Å². The molecule has 1 saturated carbocycles. The molecule has 2 heterocycles. The highest BCUT2D eigenvalue weighted by Crippen LogP contribution is 2.45. The summed E-state index contributed by atoms with van der Waals surface area (Å²) in [6.45, 7) is 1.17. The third kappa shape index (κ3) is 6.87. The lowest BCUT2D eigenvalue weighted by atomic mass is 9.84. The van der Waals surface area contributed by atoms with Crippen LogP contribution in [0, 0.1) is 23.1 Å². The van der Waals surface area contributed by atoms with Gasteiger partial charge < -0.3 is 29.4 Å². The topological polar surface area (TPSA) is 123 Å². The van der Waals surface area contributed by atoms with Gasteiger partial charge in [-0.05, 0) is 66.6 Å². The summed E-state index contributed by atoms with van der Waals surface area (Å²) in [5.41, 5.74) is 5.08. The van der Waals surface area contributed by atoms with Gasteiger partial charge in [0, 0.05) is 47.7 Å². The van der Waals surface area contributed by atoms with Crippen molar-refractivity contribution in [3.63, 3.8) is 0 Å². The molecule has 11 heteroatoms. The molecule has 0 unspecified atom stereocenters. The van der Waals surface area contributed by atoms with Gasteiger partial charge in [-0.15, -0.1) is 0 Å². The maximum Gasteiger partial charge on any atom is 0.308 e. The monoisotopic (exact) mass is 683 g/mol. The molecule has 3 atom stereocenters. The number of halogens is 2. The Kier molecular flexibility index (Phi) is 9.56. The van der Waals surface area contributed by atoms with Crippen LogP contribution in [-0.2, 0) is 24.4 Å². The molecule has 4 aromatic rings. The van der Waals surface area contributed by atoms with Crippen LogP contribution < -0.4 is 24.3 Å². The molecule has 0 radical (unpaired) electrons. The van der Waals surface area contributed by atoms with Gasteiger partial charge >= 0.3 is 5.97 Å². The van der Waals surface area contributed by atoms with Crippen LogP contribution in [0.5, 0.6) is 23.0 Å². The third-order valence-electron chi connectivity index (χ3n) is 9.49. The normalized spacial score (nSPS) is 19.5. The minimum absolute atomic E-state index is 0.137. The van der Waals surface area contributed by atoms with Crippen molar-refractivity contribution in [2.75, 3.05) is 13.2 Å². The van der Waals surface area contributed by atoms with E-state index in [1.54, 1.807) is 36.5 Å². The van der Waals surface area contributed by atoms with Crippen molar-refractivity contribution in [2.24, 2.45) is 5.92 Å². The number of benzene rings is 3. The minimum atomic E-state index is -0.794. The summed E-state index contributed by atoms with van der Waals surface area (Å²) in [5, 5.41) is 22.9. The third-order valence-corrected chi connectivity index (χ3v) is 9.79. The van der Waals surface area contributed by atoms with Gasteiger partial charge in [-0.2, -0.15) is 5.26 Å². The Labute approximate surface area is 288 Å². The smallest absolute Gasteiger partial charge is 0.308 e. The molecule has 0 spiro atoms. The van der Waals surface area contributed by atoms with Gasteiger partial charge in [-0.25, -0.2) is 4.39 Å². The molecular formula is C38H35ClFN3O6. The second-order valence-corrected chi connectivity index (χ2v) is 13.0. The molecule has 2 N–H and O–H groups in total. The highest BCUT2D eigenvalue weighted by atomic mass is 35.5. The zero-order chi connectivity index (χ0) is 33.9. The average molecular weight is 684 g/mol. The molecule has 2 aliphatic carbocycles. The second kappa shape index (κ2) is 14.3. The van der Waals surface area contributed by atoms with Crippen molar-refractivity contribution in [3.8, 4) is 40.2 Å². The number of carbonyl (C=O) groups is 1. The zero-order valence-corrected chi connectivity index (χ0v) is 27.5. The maximum atomic E-state index is 15.6. The first-order valence-corrected chi connectivity index (χ1v) is 16.9. The number of aromatic nitrogens is 1. The Morgan fingerprint density at radius 1 is 1.06 bits per heavy atom. The van der Waals surface area contributed by atoms with E-state index in [1.165, 1.54) is 6.20 Å². The lowest BCUT2D eigenvalue weighted by Crippen LogP contribution is -2.41. The summed E-state index contributed by atoms with van der Waals surface area (Å²) in [4.78, 5) is 16.1. The number of nitriles is 1. The lowest BCUT2D eigenvalue weighted by molar-refractivity contribution is -0.143. The van der Waals surface area contributed by atoms with E-state index in [2.05, 4.69) is 16.4 Å². The average Bonchev–Trinajstić information content (AvgIpc) is 3.54. The van der Waals surface area contributed by atoms with Crippen LogP contribution in [0.3, 0.4) is 0 Å². The Hall–Kier alpha value is -4.85. The van der Waals surface area contributed by atoms with Crippen LogP contribution in [0.25, 0.3) is 11.1 Å². The zero-order valence-electron chi connectivity index (χ0n) is 26.7. The number of ether oxygens (including phenoxy) is 4. The standard InChI is InChI=1S/C38H35ClFN3O6/c39-30-15-24(20-43-31-7-2-1-4-29(31)38(44)45)34(48-21-23-14-22(17-41)18-42-19-23)16-35(30)49-32-10-8-26-25(5-3-6-27(26)32)28-9-11-33-37(36(28)40)47-13-12-46-33/h3,5-6,9,11,14-16,18-19,29,31-32,43H,1-2,4,7-8,10,12-13,20-21H2,(H,44,45)/t29-,31-,32-/m0/s1. The van der Waals surface area contributed by atoms with Crippen molar-refractivity contribution in [1.82, 2.24) is 10.3 Å². The van der Waals surface area contributed by atoms with E-state index in [1.807, 2.05) is 18.2 Å². The number of nitrogens with zero attached hydrogens (tertiary/aromatic N) is 2. The SMILES string of the molecule is N#Cc1cncc(COc2cc(O[C@H]3CCc4c(-c5ccc6c(c5F)OCCO6)cccc43)c(Cl)cc2CN[C@H]2CCCC[C@@H]2C(=O)O)c1. The van der Waals surface area contributed by atoms with Crippen molar-refractivity contribution < 1.29 is 33.2 Å². The molecule has 3 aliphatic rings. The van der Waals surface area contributed by atoms with Crippen LogP contribution in [0.15, 0.2) is 60.9 Å². The van der Waals surface area contributed by atoms with Crippen LogP contribution in [-0.4, -0.2) is 35.3 Å². The number of carboxylic acid groups (broad SMARTS) is 1. The number of aliphatic carboxylic acids is 1. The van der Waals surface area contributed by atoms with Crippen molar-refractivity contribution in [2.45, 2.75) is 63.8 Å². The molecule has 3 aromatic carbocycles. The molecule has 0 saturated heterocycles. The van der Waals surface area contributed by atoms with E-state index in [4.69, 9.17) is 30.5 Å². The molecule has 7 rings (SSSR count). The summed E-state index contributed by atoms with van der Waals surface area (Å²) in [7, 11) is 0. The van der Waals surface area contributed by atoms with Gasteiger partial charge in [-0.3, -0.25) is 9.78 Å². The summed E-state index contributed by atoms with van der Waals surface area (Å²) in [5.74, 6) is -0.208. The molecule has 1 fully saturated rings. The summed E-state index contributed by atoms with van der Waals surface area (Å²) >= 11 is 6.86. The van der Waals surface area contributed by atoms with Crippen LogP contribution in [0.2, 0.25) is 5.02 Å². The lowest BCUT2D eigenvalue weighted by Gasteiger charge is -2.29. The van der Waals surface area contributed by atoms with Crippen LogP contribution in [0.1, 0.15) is 66.0 Å².